The lowest BCUT2D eigenvalue weighted by Gasteiger charge is -2.42. The van der Waals surface area contributed by atoms with Crippen molar-refractivity contribution < 1.29 is 46.5 Å². The van der Waals surface area contributed by atoms with Crippen LogP contribution in [-0.4, -0.2) is 94.0 Å². The van der Waals surface area contributed by atoms with Crippen LogP contribution in [0.15, 0.2) is 54.6 Å². The SMILES string of the molecule is COc1ccc2cc(C(=O)NS(C)(=O)=O)ccc2c1CN1C(=O)[C@@H](NC(=O)[C@H](C)N(C)C(=O)OC(C)(C)C)C2(CCOCC2)Oc2ccccc21. The van der Waals surface area contributed by atoms with E-state index in [1.165, 1.54) is 30.0 Å². The largest absolute Gasteiger partial charge is 0.496 e. The average molecular weight is 725 g/mol. The summed E-state index contributed by atoms with van der Waals surface area (Å²) in [6, 6.07) is 13.1. The summed E-state index contributed by atoms with van der Waals surface area (Å²) in [7, 11) is -0.828. The Balaban J connectivity index is 1.56. The minimum atomic E-state index is -3.79. The van der Waals surface area contributed by atoms with E-state index in [0.29, 0.717) is 59.6 Å². The Kier molecular flexibility index (Phi) is 10.5. The van der Waals surface area contributed by atoms with Crippen molar-refractivity contribution in [3.05, 3.63) is 65.7 Å². The molecule has 0 radical (unpaired) electrons. The van der Waals surface area contributed by atoms with Crippen molar-refractivity contribution >= 4 is 50.3 Å². The summed E-state index contributed by atoms with van der Waals surface area (Å²) in [5.41, 5.74) is -0.766. The quantitative estimate of drug-likeness (QED) is 0.349. The summed E-state index contributed by atoms with van der Waals surface area (Å²) >= 11 is 0. The minimum absolute atomic E-state index is 0.0269. The van der Waals surface area contributed by atoms with Gasteiger partial charge in [0.2, 0.25) is 15.9 Å². The summed E-state index contributed by atoms with van der Waals surface area (Å²) in [5, 5.41) is 4.19. The van der Waals surface area contributed by atoms with Crippen LogP contribution in [0.1, 0.15) is 56.5 Å². The Hall–Kier alpha value is -4.89. The Morgan fingerprint density at radius 3 is 2.41 bits per heavy atom. The van der Waals surface area contributed by atoms with Crippen molar-refractivity contribution in [1.82, 2.24) is 14.9 Å². The molecule has 0 aliphatic carbocycles. The second-order valence-electron chi connectivity index (χ2n) is 13.8. The molecule has 0 aromatic heterocycles. The van der Waals surface area contributed by atoms with E-state index >= 15 is 0 Å². The van der Waals surface area contributed by atoms with Gasteiger partial charge in [-0.1, -0.05) is 24.3 Å². The second kappa shape index (κ2) is 14.4. The van der Waals surface area contributed by atoms with Gasteiger partial charge in [-0.15, -0.1) is 0 Å². The molecule has 15 heteroatoms. The topological polar surface area (TPSA) is 170 Å². The van der Waals surface area contributed by atoms with Gasteiger partial charge in [-0.3, -0.25) is 19.3 Å². The standard InChI is InChI=1S/C36H44N4O10S/c1-22(39(5)34(44)50-35(2,3)4)31(41)37-30-33(43)40(27-10-8-9-11-29(27)49-36(30)16-18-48-19-17-36)21-26-25-14-12-24(32(42)38-51(7,45)46)20-23(25)13-15-28(26)47-6/h8-15,20,22,30H,16-19,21H2,1-7H3,(H,37,41)(H,38,42)/t22-,30+/m0/s1. The van der Waals surface area contributed by atoms with Crippen LogP contribution in [0, 0.1) is 0 Å². The summed E-state index contributed by atoms with van der Waals surface area (Å²) in [6.45, 7) is 7.30. The van der Waals surface area contributed by atoms with Gasteiger partial charge in [0.1, 0.15) is 34.8 Å². The van der Waals surface area contributed by atoms with Crippen molar-refractivity contribution in [2.24, 2.45) is 0 Å². The van der Waals surface area contributed by atoms with Crippen LogP contribution in [0.4, 0.5) is 10.5 Å². The number of hydrogen-bond donors (Lipinski definition) is 2. The average Bonchev–Trinajstić information content (AvgIpc) is 3.15. The second-order valence-corrected chi connectivity index (χ2v) is 15.5. The summed E-state index contributed by atoms with van der Waals surface area (Å²) in [6.07, 6.45) is 0.814. The van der Waals surface area contributed by atoms with Gasteiger partial charge in [-0.25, -0.2) is 17.9 Å². The van der Waals surface area contributed by atoms with Crippen LogP contribution >= 0.6 is 0 Å². The number of carbonyl (C=O) groups is 4. The molecule has 2 atom stereocenters. The molecule has 2 N–H and O–H groups in total. The lowest BCUT2D eigenvalue weighted by atomic mass is 9.84. The van der Waals surface area contributed by atoms with Gasteiger partial charge in [0, 0.05) is 31.0 Å². The predicted octanol–water partition coefficient (Wildman–Crippen LogP) is 3.75. The minimum Gasteiger partial charge on any atom is -0.496 e. The Labute approximate surface area is 297 Å². The number of methoxy groups -OCH3 is 1. The zero-order chi connectivity index (χ0) is 37.3. The van der Waals surface area contributed by atoms with E-state index in [9.17, 15) is 27.6 Å². The van der Waals surface area contributed by atoms with E-state index < -0.39 is 57.1 Å². The maximum absolute atomic E-state index is 15.0. The van der Waals surface area contributed by atoms with Crippen LogP contribution in [0.2, 0.25) is 0 Å². The van der Waals surface area contributed by atoms with E-state index in [4.69, 9.17) is 18.9 Å². The Morgan fingerprint density at radius 1 is 1.08 bits per heavy atom. The lowest BCUT2D eigenvalue weighted by molar-refractivity contribution is -0.139. The third-order valence-electron chi connectivity index (χ3n) is 8.94. The molecule has 0 bridgehead atoms. The fourth-order valence-corrected chi connectivity index (χ4v) is 6.65. The molecule has 5 rings (SSSR count). The molecule has 2 heterocycles. The highest BCUT2D eigenvalue weighted by Gasteiger charge is 2.52. The number of para-hydroxylation sites is 2. The molecule has 2 aliphatic heterocycles. The highest BCUT2D eigenvalue weighted by Crippen LogP contribution is 2.42. The van der Waals surface area contributed by atoms with Gasteiger partial charge in [-0.05, 0) is 68.8 Å². The summed E-state index contributed by atoms with van der Waals surface area (Å²) in [5.74, 6) is -0.921. The Morgan fingerprint density at radius 2 is 1.76 bits per heavy atom. The molecule has 274 valence electrons. The molecule has 1 fully saturated rings. The van der Waals surface area contributed by atoms with Gasteiger partial charge in [-0.2, -0.15) is 0 Å². The molecule has 14 nitrogen and oxygen atoms in total. The zero-order valence-electron chi connectivity index (χ0n) is 29.8. The van der Waals surface area contributed by atoms with Gasteiger partial charge >= 0.3 is 6.09 Å². The number of hydrogen-bond acceptors (Lipinski definition) is 10. The number of amides is 4. The summed E-state index contributed by atoms with van der Waals surface area (Å²) < 4.78 is 49.0. The van der Waals surface area contributed by atoms with E-state index in [0.717, 1.165) is 6.26 Å². The molecular formula is C36H44N4O10S. The fourth-order valence-electron chi connectivity index (χ4n) is 6.19. The molecule has 0 saturated carbocycles. The number of fused-ring (bicyclic) bond motifs is 2. The van der Waals surface area contributed by atoms with Crippen LogP contribution in [0.3, 0.4) is 0 Å². The van der Waals surface area contributed by atoms with Gasteiger partial charge in [0.05, 0.1) is 38.8 Å². The third-order valence-corrected chi connectivity index (χ3v) is 9.50. The highest BCUT2D eigenvalue weighted by molar-refractivity contribution is 7.89. The van der Waals surface area contributed by atoms with Crippen LogP contribution in [0.5, 0.6) is 11.5 Å². The smallest absolute Gasteiger partial charge is 0.410 e. The number of nitrogens with one attached hydrogen (secondary N) is 2. The number of ether oxygens (including phenoxy) is 4. The predicted molar refractivity (Wildman–Crippen MR) is 189 cm³/mol. The normalized spacial score (nSPS) is 17.8. The van der Waals surface area contributed by atoms with Crippen molar-refractivity contribution in [3.63, 3.8) is 0 Å². The van der Waals surface area contributed by atoms with Gasteiger partial charge in [0.15, 0.2) is 0 Å². The van der Waals surface area contributed by atoms with Crippen molar-refractivity contribution in [2.75, 3.05) is 38.5 Å². The van der Waals surface area contributed by atoms with Crippen LogP contribution in [0.25, 0.3) is 10.8 Å². The zero-order valence-corrected chi connectivity index (χ0v) is 30.6. The molecule has 0 unspecified atom stereocenters. The molecule has 1 spiro atoms. The molecular weight excluding hydrogens is 680 g/mol. The molecule has 4 amide bonds. The van der Waals surface area contributed by atoms with Crippen molar-refractivity contribution in [2.45, 2.75) is 70.4 Å². The van der Waals surface area contributed by atoms with Crippen molar-refractivity contribution in [1.29, 1.82) is 0 Å². The van der Waals surface area contributed by atoms with E-state index in [1.54, 1.807) is 76.2 Å². The number of anilines is 1. The molecule has 3 aromatic rings. The first-order valence-corrected chi connectivity index (χ1v) is 18.4. The van der Waals surface area contributed by atoms with Crippen LogP contribution in [-0.2, 0) is 35.6 Å². The number of benzene rings is 3. The van der Waals surface area contributed by atoms with Gasteiger partial charge < -0.3 is 29.2 Å². The first kappa shape index (κ1) is 37.4. The number of sulfonamides is 1. The monoisotopic (exact) mass is 724 g/mol. The first-order chi connectivity index (χ1) is 23.9. The maximum Gasteiger partial charge on any atom is 0.410 e. The third kappa shape index (κ3) is 8.20. The molecule has 3 aromatic carbocycles. The fraction of sp³-hybridized carbons (Fsp3) is 0.444. The maximum atomic E-state index is 15.0. The van der Waals surface area contributed by atoms with E-state index in [1.807, 2.05) is 4.72 Å². The summed E-state index contributed by atoms with van der Waals surface area (Å²) in [4.78, 5) is 57.1. The number of rotatable bonds is 8. The van der Waals surface area contributed by atoms with E-state index in [-0.39, 0.29) is 12.1 Å². The molecule has 51 heavy (non-hydrogen) atoms. The van der Waals surface area contributed by atoms with E-state index in [2.05, 4.69) is 5.32 Å². The highest BCUT2D eigenvalue weighted by atomic mass is 32.2. The lowest BCUT2D eigenvalue weighted by Crippen LogP contribution is -2.65. The number of carbonyl (C=O) groups excluding carboxylic acids is 4. The molecule has 2 aliphatic rings. The number of likely N-dealkylation sites (N-methyl/N-ethyl adjacent to an activating group) is 1. The first-order valence-electron chi connectivity index (χ1n) is 16.5. The van der Waals surface area contributed by atoms with Crippen molar-refractivity contribution in [3.8, 4) is 11.5 Å². The van der Waals surface area contributed by atoms with Crippen LogP contribution < -0.4 is 24.4 Å². The molecule has 1 saturated heterocycles. The Bertz CT molecular complexity index is 1950. The number of nitrogens with zero attached hydrogens (tertiary/aromatic N) is 2. The van der Waals surface area contributed by atoms with Gasteiger partial charge in [0.25, 0.3) is 11.8 Å².